The number of aromatic amines is 1. The van der Waals surface area contributed by atoms with Gasteiger partial charge in [0.15, 0.2) is 16.7 Å². The average molecular weight is 273 g/mol. The number of hydrogen-bond acceptors (Lipinski definition) is 3. The van der Waals surface area contributed by atoms with Crippen molar-refractivity contribution >= 4 is 10.0 Å². The highest BCUT2D eigenvalue weighted by molar-refractivity contribution is 7.89. The Morgan fingerprint density at radius 2 is 2.06 bits per heavy atom. The lowest BCUT2D eigenvalue weighted by atomic mass is 10.2. The maximum absolute atomic E-state index is 12.9. The zero-order valence-corrected chi connectivity index (χ0v) is 9.84. The van der Waals surface area contributed by atoms with E-state index in [-0.39, 0.29) is 11.6 Å². The number of rotatable bonds is 4. The van der Waals surface area contributed by atoms with Crippen LogP contribution in [0, 0.1) is 11.6 Å². The van der Waals surface area contributed by atoms with Crippen molar-refractivity contribution in [2.75, 3.05) is 0 Å². The third kappa shape index (κ3) is 2.71. The lowest BCUT2D eigenvalue weighted by Gasteiger charge is -2.05. The molecule has 1 aromatic carbocycles. The first-order chi connectivity index (χ1) is 8.49. The summed E-state index contributed by atoms with van der Waals surface area (Å²) < 4.78 is 51.1. The first kappa shape index (κ1) is 12.7. The second-order valence-corrected chi connectivity index (χ2v) is 5.22. The lowest BCUT2D eigenvalue weighted by Crippen LogP contribution is -2.23. The van der Waals surface area contributed by atoms with Crippen molar-refractivity contribution in [1.29, 1.82) is 0 Å². The van der Waals surface area contributed by atoms with Crippen molar-refractivity contribution in [2.24, 2.45) is 0 Å². The van der Waals surface area contributed by atoms with E-state index in [1.165, 1.54) is 12.4 Å². The molecule has 0 saturated carbocycles. The van der Waals surface area contributed by atoms with Gasteiger partial charge < -0.3 is 4.98 Å². The first-order valence-corrected chi connectivity index (χ1v) is 6.39. The Morgan fingerprint density at radius 1 is 1.28 bits per heavy atom. The molecule has 0 unspecified atom stereocenters. The smallest absolute Gasteiger partial charge is 0.257 e. The van der Waals surface area contributed by atoms with E-state index in [1.54, 1.807) is 0 Å². The molecule has 2 N–H and O–H groups in total. The van der Waals surface area contributed by atoms with Gasteiger partial charge in [0.25, 0.3) is 10.0 Å². The zero-order chi connectivity index (χ0) is 13.2. The van der Waals surface area contributed by atoms with E-state index in [1.807, 2.05) is 0 Å². The molecule has 8 heteroatoms. The fourth-order valence-electron chi connectivity index (χ4n) is 1.30. The molecule has 0 aliphatic heterocycles. The molecule has 0 aliphatic carbocycles. The molecule has 2 aromatic rings. The van der Waals surface area contributed by atoms with Gasteiger partial charge in [-0.1, -0.05) is 6.07 Å². The van der Waals surface area contributed by atoms with E-state index in [0.29, 0.717) is 5.56 Å². The van der Waals surface area contributed by atoms with Gasteiger partial charge in [-0.05, 0) is 17.7 Å². The number of halogens is 2. The van der Waals surface area contributed by atoms with Crippen LogP contribution in [-0.2, 0) is 16.6 Å². The SMILES string of the molecule is O=S(=O)(NCc1ccc(F)c(F)c1)c1cnc[nH]1. The minimum absolute atomic E-state index is 0.0925. The molecule has 0 amide bonds. The second kappa shape index (κ2) is 4.83. The number of aromatic nitrogens is 2. The highest BCUT2D eigenvalue weighted by atomic mass is 32.2. The number of nitrogens with zero attached hydrogens (tertiary/aromatic N) is 1. The number of benzene rings is 1. The van der Waals surface area contributed by atoms with Gasteiger partial charge in [-0.15, -0.1) is 0 Å². The molecule has 0 atom stereocenters. The van der Waals surface area contributed by atoms with Crippen molar-refractivity contribution in [1.82, 2.24) is 14.7 Å². The Hall–Kier alpha value is -1.80. The molecule has 1 aromatic heterocycles. The van der Waals surface area contributed by atoms with Gasteiger partial charge in [0.2, 0.25) is 0 Å². The van der Waals surface area contributed by atoms with Crippen LogP contribution < -0.4 is 4.72 Å². The molecule has 5 nitrogen and oxygen atoms in total. The molecule has 0 aliphatic rings. The largest absolute Gasteiger partial charge is 0.335 e. The van der Waals surface area contributed by atoms with Gasteiger partial charge in [0.1, 0.15) is 0 Å². The number of H-pyrrole nitrogens is 1. The number of hydrogen-bond donors (Lipinski definition) is 2. The normalized spacial score (nSPS) is 11.7. The second-order valence-electron chi connectivity index (χ2n) is 3.49. The summed E-state index contributed by atoms with van der Waals surface area (Å²) >= 11 is 0. The summed E-state index contributed by atoms with van der Waals surface area (Å²) in [5.74, 6) is -2.00. The molecule has 0 bridgehead atoms. The van der Waals surface area contributed by atoms with E-state index < -0.39 is 21.7 Å². The quantitative estimate of drug-likeness (QED) is 0.878. The van der Waals surface area contributed by atoms with E-state index in [2.05, 4.69) is 14.7 Å². The molecule has 1 heterocycles. The van der Waals surface area contributed by atoms with Crippen molar-refractivity contribution in [3.05, 3.63) is 47.9 Å². The molecule has 96 valence electrons. The summed E-state index contributed by atoms with van der Waals surface area (Å²) in [7, 11) is -3.72. The van der Waals surface area contributed by atoms with Crippen LogP contribution in [0.1, 0.15) is 5.56 Å². The van der Waals surface area contributed by atoms with Crippen LogP contribution in [0.2, 0.25) is 0 Å². The molecular weight excluding hydrogens is 264 g/mol. The summed E-state index contributed by atoms with van der Waals surface area (Å²) in [5, 5.41) is -0.0925. The monoisotopic (exact) mass is 273 g/mol. The first-order valence-electron chi connectivity index (χ1n) is 4.91. The summed E-state index contributed by atoms with van der Waals surface area (Å²) in [5.41, 5.74) is 0.317. The van der Waals surface area contributed by atoms with Gasteiger partial charge in [-0.2, -0.15) is 0 Å². The predicted molar refractivity (Wildman–Crippen MR) is 59.0 cm³/mol. The standard InChI is InChI=1S/C10H9F2N3O2S/c11-8-2-1-7(3-9(8)12)4-15-18(16,17)10-5-13-6-14-10/h1-3,5-6,15H,4H2,(H,13,14). The van der Waals surface area contributed by atoms with Crippen LogP contribution in [0.3, 0.4) is 0 Å². The minimum atomic E-state index is -3.72. The van der Waals surface area contributed by atoms with Gasteiger partial charge in [-0.3, -0.25) is 0 Å². The predicted octanol–water partition coefficient (Wildman–Crippen LogP) is 1.17. The van der Waals surface area contributed by atoms with E-state index in [9.17, 15) is 17.2 Å². The van der Waals surface area contributed by atoms with Gasteiger partial charge in [-0.25, -0.2) is 26.9 Å². The maximum atomic E-state index is 12.9. The van der Waals surface area contributed by atoms with E-state index in [0.717, 1.165) is 18.3 Å². The molecule has 0 fully saturated rings. The van der Waals surface area contributed by atoms with E-state index in [4.69, 9.17) is 0 Å². The summed E-state index contributed by atoms with van der Waals surface area (Å²) in [6.07, 6.45) is 2.37. The zero-order valence-electron chi connectivity index (χ0n) is 9.02. The van der Waals surface area contributed by atoms with Crippen LogP contribution >= 0.6 is 0 Å². The summed E-state index contributed by atoms with van der Waals surface area (Å²) in [6, 6.07) is 3.17. The molecule has 0 saturated heterocycles. The van der Waals surface area contributed by atoms with Crippen LogP contribution in [0.5, 0.6) is 0 Å². The third-order valence-electron chi connectivity index (χ3n) is 2.21. The van der Waals surface area contributed by atoms with Gasteiger partial charge in [0.05, 0.1) is 12.5 Å². The van der Waals surface area contributed by atoms with Crippen LogP contribution in [0.25, 0.3) is 0 Å². The molecular formula is C10H9F2N3O2S. The maximum Gasteiger partial charge on any atom is 0.257 e. The Bertz CT molecular complexity index is 641. The van der Waals surface area contributed by atoms with Crippen molar-refractivity contribution < 1.29 is 17.2 Å². The highest BCUT2D eigenvalue weighted by Crippen LogP contribution is 2.10. The Balaban J connectivity index is 2.10. The van der Waals surface area contributed by atoms with Crippen molar-refractivity contribution in [3.63, 3.8) is 0 Å². The fraction of sp³-hybridized carbons (Fsp3) is 0.100. The fourth-order valence-corrected chi connectivity index (χ4v) is 2.22. The Morgan fingerprint density at radius 3 is 2.67 bits per heavy atom. The Kier molecular flexibility index (Phi) is 3.39. The molecule has 2 rings (SSSR count). The van der Waals surface area contributed by atoms with Gasteiger partial charge >= 0.3 is 0 Å². The third-order valence-corrected chi connectivity index (χ3v) is 3.54. The summed E-state index contributed by atoms with van der Waals surface area (Å²) in [4.78, 5) is 6.02. The van der Waals surface area contributed by atoms with Crippen molar-refractivity contribution in [2.45, 2.75) is 11.6 Å². The summed E-state index contributed by atoms with van der Waals surface area (Å²) in [6.45, 7) is -0.140. The molecule has 0 radical (unpaired) electrons. The molecule has 0 spiro atoms. The average Bonchev–Trinajstić information content (AvgIpc) is 2.85. The van der Waals surface area contributed by atoms with Crippen molar-refractivity contribution in [3.8, 4) is 0 Å². The topological polar surface area (TPSA) is 74.8 Å². The lowest BCUT2D eigenvalue weighted by molar-refractivity contribution is 0.506. The van der Waals surface area contributed by atoms with Crippen LogP contribution in [0.4, 0.5) is 8.78 Å². The van der Waals surface area contributed by atoms with E-state index >= 15 is 0 Å². The Labute approximate surface area is 102 Å². The number of imidazole rings is 1. The molecule has 18 heavy (non-hydrogen) atoms. The van der Waals surface area contributed by atoms with Crippen LogP contribution in [0.15, 0.2) is 35.7 Å². The number of nitrogens with one attached hydrogen (secondary N) is 2. The number of sulfonamides is 1. The minimum Gasteiger partial charge on any atom is -0.335 e. The van der Waals surface area contributed by atoms with Gasteiger partial charge in [0, 0.05) is 6.54 Å². The van der Waals surface area contributed by atoms with Crippen LogP contribution in [-0.4, -0.2) is 18.4 Å². The highest BCUT2D eigenvalue weighted by Gasteiger charge is 2.15.